The Morgan fingerprint density at radius 2 is 1.90 bits per heavy atom. The quantitative estimate of drug-likeness (QED) is 0.551. The summed E-state index contributed by atoms with van der Waals surface area (Å²) in [4.78, 5) is 7.38. The Morgan fingerprint density at radius 3 is 2.48 bits per heavy atom. The lowest BCUT2D eigenvalue weighted by Crippen LogP contribution is -2.10. The van der Waals surface area contributed by atoms with Crippen molar-refractivity contribution in [1.82, 2.24) is 19.7 Å². The average molecular weight is 428 g/mol. The maximum absolute atomic E-state index is 12.8. The molecule has 1 aromatic carbocycles. The molecule has 29 heavy (non-hydrogen) atoms. The molecule has 3 rings (SSSR count). The summed E-state index contributed by atoms with van der Waals surface area (Å²) in [5, 5.41) is 11.1. The number of nitrogens with zero attached hydrogens (tertiary/aromatic N) is 4. The van der Waals surface area contributed by atoms with Gasteiger partial charge in [0.2, 0.25) is 5.95 Å². The first-order valence-electron chi connectivity index (χ1n) is 8.29. The normalized spacial score (nSPS) is 11.1. The zero-order valence-electron chi connectivity index (χ0n) is 15.5. The Bertz CT molecular complexity index is 1040. The minimum absolute atomic E-state index is 0.101. The zero-order valence-corrected chi connectivity index (χ0v) is 16.4. The van der Waals surface area contributed by atoms with Crippen molar-refractivity contribution in [1.29, 1.82) is 0 Å². The number of hydrogen-bond acceptors (Lipinski definition) is 6. The first-order chi connectivity index (χ1) is 13.6. The number of nitrogens with two attached hydrogens (primary N) is 1. The Morgan fingerprint density at radius 1 is 1.21 bits per heavy atom. The fourth-order valence-corrected chi connectivity index (χ4v) is 2.41. The van der Waals surface area contributed by atoms with Crippen LogP contribution in [0.4, 0.5) is 24.8 Å². The standard InChI is InChI=1S/C17H16F3N5.H3NO2S/c1-3-25-10-13(9-22-25)12-6-11(2)7-14(8-12)23-16-21-5-4-15(24-16)17(18,19)20;1-4(2)3/h4-10H,3H2,1-2H3,(H,21,23,24);4H,(H2,1,2,3). The average Bonchev–Trinajstić information content (AvgIpc) is 3.09. The van der Waals surface area contributed by atoms with Crippen molar-refractivity contribution in [2.24, 2.45) is 5.14 Å². The lowest BCUT2D eigenvalue weighted by Gasteiger charge is -2.10. The third kappa shape index (κ3) is 6.84. The molecule has 0 unspecified atom stereocenters. The zero-order chi connectivity index (χ0) is 21.6. The van der Waals surface area contributed by atoms with E-state index in [9.17, 15) is 13.2 Å². The molecule has 0 radical (unpaired) electrons. The summed E-state index contributed by atoms with van der Waals surface area (Å²) in [7, 11) is -2.62. The van der Waals surface area contributed by atoms with Gasteiger partial charge in [-0.2, -0.15) is 18.3 Å². The molecule has 0 aliphatic heterocycles. The van der Waals surface area contributed by atoms with Gasteiger partial charge in [-0.15, -0.1) is 0 Å². The van der Waals surface area contributed by atoms with E-state index < -0.39 is 22.8 Å². The summed E-state index contributed by atoms with van der Waals surface area (Å²) in [5.41, 5.74) is 2.42. The number of aromatic nitrogens is 4. The summed E-state index contributed by atoms with van der Waals surface area (Å²) in [6, 6.07) is 6.46. The van der Waals surface area contributed by atoms with E-state index in [4.69, 9.17) is 8.42 Å². The highest BCUT2D eigenvalue weighted by molar-refractivity contribution is 7.69. The van der Waals surface area contributed by atoms with Crippen molar-refractivity contribution in [2.45, 2.75) is 26.6 Å². The topological polar surface area (TPSA) is 116 Å². The third-order valence-corrected chi connectivity index (χ3v) is 3.57. The van der Waals surface area contributed by atoms with Gasteiger partial charge >= 0.3 is 6.18 Å². The first kappa shape index (κ1) is 22.3. The van der Waals surface area contributed by atoms with Gasteiger partial charge in [0.1, 0.15) is 5.69 Å². The summed E-state index contributed by atoms with van der Waals surface area (Å²) >= 11 is 0. The lowest BCUT2D eigenvalue weighted by molar-refractivity contribution is -0.141. The Balaban J connectivity index is 0.000000687. The van der Waals surface area contributed by atoms with Crippen LogP contribution in [0.5, 0.6) is 0 Å². The number of alkyl halides is 3. The Kier molecular flexibility index (Phi) is 7.29. The van der Waals surface area contributed by atoms with E-state index in [2.05, 4.69) is 25.5 Å². The van der Waals surface area contributed by atoms with E-state index in [1.54, 1.807) is 10.9 Å². The fraction of sp³-hybridized carbons (Fsp3) is 0.235. The van der Waals surface area contributed by atoms with E-state index in [1.807, 2.05) is 38.2 Å². The Hall–Kier alpha value is -2.99. The van der Waals surface area contributed by atoms with Crippen molar-refractivity contribution in [3.63, 3.8) is 0 Å². The van der Waals surface area contributed by atoms with Crippen molar-refractivity contribution >= 4 is 22.5 Å². The smallest absolute Gasteiger partial charge is 0.324 e. The van der Waals surface area contributed by atoms with Gasteiger partial charge in [0.25, 0.3) is 0 Å². The molecule has 8 nitrogen and oxygen atoms in total. The first-order valence-corrected chi connectivity index (χ1v) is 9.54. The Labute approximate surface area is 166 Å². The second-order valence-electron chi connectivity index (χ2n) is 5.85. The number of nitrogens with one attached hydrogen (secondary N) is 1. The van der Waals surface area contributed by atoms with Crippen LogP contribution in [0.1, 0.15) is 18.2 Å². The minimum atomic E-state index is -4.51. The summed E-state index contributed by atoms with van der Waals surface area (Å²) in [6.07, 6.45) is 0.244. The lowest BCUT2D eigenvalue weighted by atomic mass is 10.1. The number of rotatable bonds is 4. The molecule has 3 N–H and O–H groups in total. The molecule has 156 valence electrons. The van der Waals surface area contributed by atoms with Crippen LogP contribution in [0.2, 0.25) is 0 Å². The number of anilines is 2. The van der Waals surface area contributed by atoms with Gasteiger partial charge in [0.05, 0.1) is 6.20 Å². The molecule has 0 bridgehead atoms. The van der Waals surface area contributed by atoms with Crippen LogP contribution >= 0.6 is 0 Å². The molecule has 0 fully saturated rings. The summed E-state index contributed by atoms with van der Waals surface area (Å²) in [6.45, 7) is 4.66. The number of aryl methyl sites for hydroxylation is 2. The van der Waals surface area contributed by atoms with Crippen LogP contribution < -0.4 is 10.5 Å². The molecule has 0 amide bonds. The molecule has 2 aromatic heterocycles. The van der Waals surface area contributed by atoms with Gasteiger partial charge in [0.15, 0.2) is 10.9 Å². The second kappa shape index (κ2) is 9.47. The van der Waals surface area contributed by atoms with Crippen LogP contribution in [0.25, 0.3) is 11.1 Å². The molecule has 0 aliphatic carbocycles. The van der Waals surface area contributed by atoms with E-state index in [0.717, 1.165) is 35.5 Å². The molecule has 2 heterocycles. The highest BCUT2D eigenvalue weighted by Crippen LogP contribution is 2.29. The fourth-order valence-electron chi connectivity index (χ4n) is 2.41. The molecule has 0 saturated heterocycles. The number of halogens is 3. The number of hydrogen-bond donors (Lipinski definition) is 3. The SMILES string of the molecule is CCn1cc(-c2cc(C)cc(Nc3nccc(C(F)(F)F)n3)c2)cn1.N[SH](=O)=O. The second-order valence-corrected chi connectivity index (χ2v) is 6.42. The molecule has 0 spiro atoms. The highest BCUT2D eigenvalue weighted by atomic mass is 32.2. The predicted molar refractivity (Wildman–Crippen MR) is 103 cm³/mol. The largest absolute Gasteiger partial charge is 0.433 e. The molecule has 0 saturated carbocycles. The van der Waals surface area contributed by atoms with Crippen LogP contribution in [-0.4, -0.2) is 28.2 Å². The summed E-state index contributed by atoms with van der Waals surface area (Å²) in [5.74, 6) is -0.101. The molecular formula is C17H19F3N6O2S. The third-order valence-electron chi connectivity index (χ3n) is 3.57. The van der Waals surface area contributed by atoms with Crippen molar-refractivity contribution in [2.75, 3.05) is 5.32 Å². The monoisotopic (exact) mass is 428 g/mol. The minimum Gasteiger partial charge on any atom is -0.324 e. The number of benzene rings is 1. The van der Waals surface area contributed by atoms with Gasteiger partial charge in [-0.3, -0.25) is 4.68 Å². The maximum Gasteiger partial charge on any atom is 0.433 e. The van der Waals surface area contributed by atoms with E-state index in [1.165, 1.54) is 0 Å². The van der Waals surface area contributed by atoms with Gasteiger partial charge in [0, 0.05) is 30.2 Å². The van der Waals surface area contributed by atoms with Crippen molar-refractivity contribution < 1.29 is 21.6 Å². The molecular weight excluding hydrogens is 409 g/mol. The van der Waals surface area contributed by atoms with Crippen LogP contribution in [0.3, 0.4) is 0 Å². The van der Waals surface area contributed by atoms with Crippen molar-refractivity contribution in [3.05, 3.63) is 54.1 Å². The van der Waals surface area contributed by atoms with Gasteiger partial charge in [-0.1, -0.05) is 6.07 Å². The highest BCUT2D eigenvalue weighted by Gasteiger charge is 2.32. The predicted octanol–water partition coefficient (Wildman–Crippen LogP) is 2.90. The van der Waals surface area contributed by atoms with Crippen LogP contribution in [0, 0.1) is 6.92 Å². The van der Waals surface area contributed by atoms with Gasteiger partial charge in [-0.05, 0) is 43.2 Å². The van der Waals surface area contributed by atoms with Gasteiger partial charge < -0.3 is 5.32 Å². The van der Waals surface area contributed by atoms with E-state index in [0.29, 0.717) is 5.69 Å². The van der Waals surface area contributed by atoms with Crippen molar-refractivity contribution in [3.8, 4) is 11.1 Å². The van der Waals surface area contributed by atoms with Crippen LogP contribution in [0.15, 0.2) is 42.9 Å². The van der Waals surface area contributed by atoms with Crippen LogP contribution in [-0.2, 0) is 23.6 Å². The van der Waals surface area contributed by atoms with E-state index >= 15 is 0 Å². The molecule has 12 heteroatoms. The maximum atomic E-state index is 12.8. The molecule has 0 aliphatic rings. The van der Waals surface area contributed by atoms with E-state index in [-0.39, 0.29) is 5.95 Å². The number of thiol groups is 1. The molecule has 0 atom stereocenters. The summed E-state index contributed by atoms with van der Waals surface area (Å²) < 4.78 is 57.7. The van der Waals surface area contributed by atoms with Gasteiger partial charge in [-0.25, -0.2) is 23.5 Å². The molecule has 3 aromatic rings.